The summed E-state index contributed by atoms with van der Waals surface area (Å²) in [5.74, 6) is 1.85. The van der Waals surface area contributed by atoms with Crippen molar-refractivity contribution in [1.29, 1.82) is 0 Å². The summed E-state index contributed by atoms with van der Waals surface area (Å²) in [6, 6.07) is 0. The van der Waals surface area contributed by atoms with Crippen molar-refractivity contribution in [2.45, 2.75) is 33.1 Å². The Morgan fingerprint density at radius 2 is 2.08 bits per heavy atom. The molecule has 0 radical (unpaired) electrons. The third kappa shape index (κ3) is 4.63. The fourth-order valence-corrected chi connectivity index (χ4v) is 2.64. The van der Waals surface area contributed by atoms with Crippen LogP contribution in [-0.4, -0.2) is 29.0 Å². The molecule has 1 rings (SSSR count). The molecule has 2 unspecified atom stereocenters. The second kappa shape index (κ2) is 6.23. The third-order valence-electron chi connectivity index (χ3n) is 2.92. The molecule has 0 aliphatic carbocycles. The van der Waals surface area contributed by atoms with Gasteiger partial charge in [-0.3, -0.25) is 0 Å². The Morgan fingerprint density at radius 1 is 1.31 bits per heavy atom. The quantitative estimate of drug-likeness (QED) is 0.571. The molecule has 2 atom stereocenters. The zero-order chi connectivity index (χ0) is 9.68. The number of hydrogen-bond acceptors (Lipinski definition) is 1. The summed E-state index contributed by atoms with van der Waals surface area (Å²) in [6.45, 7) is 8.79. The van der Waals surface area contributed by atoms with E-state index in [0.29, 0.717) is 0 Å². The number of rotatable bonds is 3. The van der Waals surface area contributed by atoms with Gasteiger partial charge < -0.3 is 4.90 Å². The van der Waals surface area contributed by atoms with Crippen LogP contribution in [0.4, 0.5) is 0 Å². The van der Waals surface area contributed by atoms with Gasteiger partial charge in [-0.15, -0.1) is 0 Å². The van der Waals surface area contributed by atoms with Crippen molar-refractivity contribution < 1.29 is 0 Å². The van der Waals surface area contributed by atoms with E-state index in [2.05, 4.69) is 41.3 Å². The van der Waals surface area contributed by atoms with Gasteiger partial charge in [-0.2, -0.15) is 0 Å². The standard InChI is InChI=1S/C11H22IN/c1-10-4-7-13(6-3-5-12)9-11(2)8-10/h10-11H,3-9H2,1-2H3. The van der Waals surface area contributed by atoms with E-state index in [-0.39, 0.29) is 0 Å². The predicted octanol–water partition coefficient (Wildman–Crippen LogP) is 3.18. The topological polar surface area (TPSA) is 3.24 Å². The van der Waals surface area contributed by atoms with Crippen LogP contribution < -0.4 is 0 Å². The lowest BCUT2D eigenvalue weighted by atomic mass is 9.97. The molecule has 1 fully saturated rings. The second-order valence-corrected chi connectivity index (χ2v) is 5.66. The number of likely N-dealkylation sites (tertiary alicyclic amines) is 1. The lowest BCUT2D eigenvalue weighted by Gasteiger charge is -2.21. The molecular formula is C11H22IN. The van der Waals surface area contributed by atoms with Crippen LogP contribution in [0.2, 0.25) is 0 Å². The first-order chi connectivity index (χ1) is 6.22. The van der Waals surface area contributed by atoms with Gasteiger partial charge in [0.25, 0.3) is 0 Å². The minimum atomic E-state index is 0.909. The van der Waals surface area contributed by atoms with E-state index in [1.165, 1.54) is 43.3 Å². The molecule has 0 bridgehead atoms. The van der Waals surface area contributed by atoms with Crippen LogP contribution in [0.25, 0.3) is 0 Å². The third-order valence-corrected chi connectivity index (χ3v) is 3.68. The van der Waals surface area contributed by atoms with Crippen molar-refractivity contribution in [3.63, 3.8) is 0 Å². The van der Waals surface area contributed by atoms with Crippen LogP contribution in [0.5, 0.6) is 0 Å². The first-order valence-electron chi connectivity index (χ1n) is 5.50. The fourth-order valence-electron chi connectivity index (χ4n) is 2.30. The monoisotopic (exact) mass is 295 g/mol. The average Bonchev–Trinajstić information content (AvgIpc) is 2.23. The van der Waals surface area contributed by atoms with E-state index in [0.717, 1.165) is 11.8 Å². The van der Waals surface area contributed by atoms with Crippen LogP contribution >= 0.6 is 22.6 Å². The molecule has 13 heavy (non-hydrogen) atoms. The molecule has 0 N–H and O–H groups in total. The Bertz CT molecular complexity index is 138. The normalized spacial score (nSPS) is 31.6. The van der Waals surface area contributed by atoms with Gasteiger partial charge in [-0.05, 0) is 44.2 Å². The Hall–Kier alpha value is 0.690. The van der Waals surface area contributed by atoms with Gasteiger partial charge in [0, 0.05) is 11.0 Å². The lowest BCUT2D eigenvalue weighted by Crippen LogP contribution is -2.28. The molecule has 0 spiro atoms. The number of alkyl halides is 1. The van der Waals surface area contributed by atoms with Crippen molar-refractivity contribution in [1.82, 2.24) is 4.90 Å². The molecule has 1 heterocycles. The highest BCUT2D eigenvalue weighted by Crippen LogP contribution is 2.21. The van der Waals surface area contributed by atoms with Gasteiger partial charge in [0.15, 0.2) is 0 Å². The highest BCUT2D eigenvalue weighted by atomic mass is 127. The molecule has 0 aromatic carbocycles. The van der Waals surface area contributed by atoms with Crippen molar-refractivity contribution in [3.8, 4) is 0 Å². The van der Waals surface area contributed by atoms with Gasteiger partial charge in [-0.25, -0.2) is 0 Å². The Balaban J connectivity index is 2.30. The molecule has 78 valence electrons. The van der Waals surface area contributed by atoms with Crippen LogP contribution in [0.3, 0.4) is 0 Å². The Morgan fingerprint density at radius 3 is 2.77 bits per heavy atom. The van der Waals surface area contributed by atoms with E-state index >= 15 is 0 Å². The van der Waals surface area contributed by atoms with Crippen molar-refractivity contribution in [2.24, 2.45) is 11.8 Å². The number of halogens is 1. The highest BCUT2D eigenvalue weighted by Gasteiger charge is 2.18. The molecular weight excluding hydrogens is 273 g/mol. The summed E-state index contributed by atoms with van der Waals surface area (Å²) < 4.78 is 1.30. The van der Waals surface area contributed by atoms with Crippen LogP contribution in [-0.2, 0) is 0 Å². The number of hydrogen-bond donors (Lipinski definition) is 0. The summed E-state index contributed by atoms with van der Waals surface area (Å²) in [5.41, 5.74) is 0. The lowest BCUT2D eigenvalue weighted by molar-refractivity contribution is 0.258. The average molecular weight is 295 g/mol. The molecule has 1 aliphatic rings. The smallest absolute Gasteiger partial charge is 0.000744 e. The van der Waals surface area contributed by atoms with E-state index in [9.17, 15) is 0 Å². The maximum atomic E-state index is 2.66. The minimum absolute atomic E-state index is 0.909. The van der Waals surface area contributed by atoms with Gasteiger partial charge in [-0.1, -0.05) is 36.4 Å². The fraction of sp³-hybridized carbons (Fsp3) is 1.00. The Kier molecular flexibility index (Phi) is 5.63. The molecule has 0 aromatic heterocycles. The SMILES string of the molecule is CC1CCN(CCCI)CC(C)C1. The van der Waals surface area contributed by atoms with Gasteiger partial charge in [0.2, 0.25) is 0 Å². The van der Waals surface area contributed by atoms with Gasteiger partial charge >= 0.3 is 0 Å². The van der Waals surface area contributed by atoms with E-state index in [4.69, 9.17) is 0 Å². The first kappa shape index (κ1) is 11.8. The molecule has 0 amide bonds. The zero-order valence-corrected chi connectivity index (χ0v) is 11.1. The first-order valence-corrected chi connectivity index (χ1v) is 7.03. The minimum Gasteiger partial charge on any atom is -0.303 e. The van der Waals surface area contributed by atoms with Crippen LogP contribution in [0.15, 0.2) is 0 Å². The second-order valence-electron chi connectivity index (χ2n) is 4.58. The van der Waals surface area contributed by atoms with E-state index in [1.807, 2.05) is 0 Å². The van der Waals surface area contributed by atoms with Crippen LogP contribution in [0, 0.1) is 11.8 Å². The summed E-state index contributed by atoms with van der Waals surface area (Å²) in [5, 5.41) is 0. The summed E-state index contributed by atoms with van der Waals surface area (Å²) in [7, 11) is 0. The molecule has 0 saturated carbocycles. The number of nitrogens with zero attached hydrogens (tertiary/aromatic N) is 1. The maximum Gasteiger partial charge on any atom is 0.000744 e. The largest absolute Gasteiger partial charge is 0.303 e. The van der Waals surface area contributed by atoms with E-state index in [1.54, 1.807) is 0 Å². The molecule has 2 heteroatoms. The molecule has 1 aliphatic heterocycles. The summed E-state index contributed by atoms with van der Waals surface area (Å²) in [6.07, 6.45) is 4.20. The van der Waals surface area contributed by atoms with Crippen molar-refractivity contribution in [2.75, 3.05) is 24.1 Å². The van der Waals surface area contributed by atoms with Crippen molar-refractivity contribution in [3.05, 3.63) is 0 Å². The highest BCUT2D eigenvalue weighted by molar-refractivity contribution is 14.1. The van der Waals surface area contributed by atoms with Crippen LogP contribution in [0.1, 0.15) is 33.1 Å². The predicted molar refractivity (Wildman–Crippen MR) is 67.5 cm³/mol. The van der Waals surface area contributed by atoms with Gasteiger partial charge in [0.05, 0.1) is 0 Å². The van der Waals surface area contributed by atoms with E-state index < -0.39 is 0 Å². The summed E-state index contributed by atoms with van der Waals surface area (Å²) >= 11 is 2.48. The van der Waals surface area contributed by atoms with Gasteiger partial charge in [0.1, 0.15) is 0 Å². The molecule has 1 nitrogen and oxygen atoms in total. The Labute approximate surface area is 96.4 Å². The zero-order valence-electron chi connectivity index (χ0n) is 8.93. The maximum absolute atomic E-state index is 2.66. The van der Waals surface area contributed by atoms with Crippen molar-refractivity contribution >= 4 is 22.6 Å². The summed E-state index contributed by atoms with van der Waals surface area (Å²) in [4.78, 5) is 2.66. The molecule has 0 aromatic rings. The molecule has 1 saturated heterocycles.